The number of ether oxygens (including phenoxy) is 1. The van der Waals surface area contributed by atoms with Gasteiger partial charge in [0.15, 0.2) is 0 Å². The van der Waals surface area contributed by atoms with Gasteiger partial charge >= 0.3 is 0 Å². The molecular weight excluding hydrogens is 250 g/mol. The van der Waals surface area contributed by atoms with Crippen molar-refractivity contribution < 1.29 is 4.74 Å². The number of benzene rings is 1. The van der Waals surface area contributed by atoms with Crippen molar-refractivity contribution in [1.82, 2.24) is 4.98 Å². The third kappa shape index (κ3) is 2.70. The second kappa shape index (κ2) is 5.39. The number of hydrogen-bond donors (Lipinski definition) is 1. The molecule has 90 valence electrons. The third-order valence-electron chi connectivity index (χ3n) is 2.34. The van der Waals surface area contributed by atoms with Gasteiger partial charge in [-0.25, -0.2) is 4.98 Å². The molecule has 0 amide bonds. The summed E-state index contributed by atoms with van der Waals surface area (Å²) in [6.07, 6.45) is 1.61. The van der Waals surface area contributed by atoms with E-state index in [4.69, 9.17) is 21.6 Å². The van der Waals surface area contributed by atoms with Crippen molar-refractivity contribution in [2.75, 3.05) is 12.4 Å². The number of nitrogens with zero attached hydrogens (tertiary/aromatic N) is 2. The first-order chi connectivity index (χ1) is 8.72. The highest BCUT2D eigenvalue weighted by Gasteiger charge is 2.05. The van der Waals surface area contributed by atoms with E-state index in [1.54, 1.807) is 43.6 Å². The van der Waals surface area contributed by atoms with Crippen LogP contribution in [0.1, 0.15) is 5.56 Å². The fourth-order valence-electron chi connectivity index (χ4n) is 1.50. The molecule has 1 heterocycles. The Morgan fingerprint density at radius 3 is 2.83 bits per heavy atom. The molecule has 0 saturated heterocycles. The number of anilines is 2. The smallest absolute Gasteiger partial charge is 0.143 e. The molecule has 0 atom stereocenters. The summed E-state index contributed by atoms with van der Waals surface area (Å²) in [7, 11) is 1.56. The van der Waals surface area contributed by atoms with Crippen LogP contribution in [0.15, 0.2) is 36.5 Å². The van der Waals surface area contributed by atoms with Crippen LogP contribution in [-0.2, 0) is 0 Å². The number of methoxy groups -OCH3 is 1. The predicted octanol–water partition coefficient (Wildman–Crippen LogP) is 3.36. The Bertz CT molecular complexity index is 607. The van der Waals surface area contributed by atoms with Crippen LogP contribution in [0, 0.1) is 11.3 Å². The fourth-order valence-corrected chi connectivity index (χ4v) is 1.67. The predicted molar refractivity (Wildman–Crippen MR) is 70.2 cm³/mol. The van der Waals surface area contributed by atoms with Gasteiger partial charge in [-0.1, -0.05) is 11.6 Å². The van der Waals surface area contributed by atoms with Crippen molar-refractivity contribution in [3.05, 3.63) is 47.2 Å². The van der Waals surface area contributed by atoms with Crippen LogP contribution >= 0.6 is 11.6 Å². The molecule has 1 aromatic carbocycles. The maximum Gasteiger partial charge on any atom is 0.143 e. The van der Waals surface area contributed by atoms with Gasteiger partial charge in [-0.3, -0.25) is 0 Å². The summed E-state index contributed by atoms with van der Waals surface area (Å²) < 4.78 is 5.23. The van der Waals surface area contributed by atoms with E-state index in [1.165, 1.54) is 0 Å². The van der Waals surface area contributed by atoms with E-state index >= 15 is 0 Å². The van der Waals surface area contributed by atoms with E-state index in [1.807, 2.05) is 0 Å². The number of hydrogen-bond acceptors (Lipinski definition) is 4. The molecule has 18 heavy (non-hydrogen) atoms. The summed E-state index contributed by atoms with van der Waals surface area (Å²) in [4.78, 5) is 3.90. The Morgan fingerprint density at radius 1 is 1.33 bits per heavy atom. The molecule has 0 aliphatic rings. The Morgan fingerprint density at radius 2 is 2.17 bits per heavy atom. The lowest BCUT2D eigenvalue weighted by Gasteiger charge is -2.11. The number of nitriles is 1. The maximum atomic E-state index is 8.82. The largest absolute Gasteiger partial charge is 0.495 e. The van der Waals surface area contributed by atoms with Crippen LogP contribution in [0.25, 0.3) is 0 Å². The number of aromatic nitrogens is 1. The summed E-state index contributed by atoms with van der Waals surface area (Å²) in [5, 5.41) is 12.4. The molecule has 0 fully saturated rings. The molecule has 1 aromatic heterocycles. The first-order valence-corrected chi connectivity index (χ1v) is 5.57. The van der Waals surface area contributed by atoms with Crippen molar-refractivity contribution in [3.8, 4) is 11.8 Å². The zero-order valence-electron chi connectivity index (χ0n) is 9.64. The lowest BCUT2D eigenvalue weighted by molar-refractivity contribution is 0.416. The lowest BCUT2D eigenvalue weighted by Crippen LogP contribution is -1.95. The molecule has 0 aliphatic carbocycles. The highest BCUT2D eigenvalue weighted by Crippen LogP contribution is 2.28. The number of nitrogens with one attached hydrogen (secondary N) is 1. The third-order valence-corrected chi connectivity index (χ3v) is 2.54. The standard InChI is InChI=1S/C13H10ClN3O/c1-18-12-6-9(8-15)2-3-11(12)17-10-4-5-16-13(14)7-10/h2-7H,1H3,(H,16,17). The Balaban J connectivity index is 2.32. The van der Waals surface area contributed by atoms with Gasteiger partial charge in [-0.15, -0.1) is 0 Å². The van der Waals surface area contributed by atoms with E-state index in [0.29, 0.717) is 16.5 Å². The average Bonchev–Trinajstić information content (AvgIpc) is 2.39. The highest BCUT2D eigenvalue weighted by atomic mass is 35.5. The van der Waals surface area contributed by atoms with Crippen molar-refractivity contribution >= 4 is 23.0 Å². The van der Waals surface area contributed by atoms with Gasteiger partial charge in [0.1, 0.15) is 10.9 Å². The SMILES string of the molecule is COc1cc(C#N)ccc1Nc1ccnc(Cl)c1. The minimum atomic E-state index is 0.410. The average molecular weight is 260 g/mol. The molecule has 1 N–H and O–H groups in total. The number of halogens is 1. The first-order valence-electron chi connectivity index (χ1n) is 5.19. The Hall–Kier alpha value is -2.25. The van der Waals surface area contributed by atoms with Crippen LogP contribution in [-0.4, -0.2) is 12.1 Å². The van der Waals surface area contributed by atoms with Crippen molar-refractivity contribution in [3.63, 3.8) is 0 Å². The molecule has 2 rings (SSSR count). The van der Waals surface area contributed by atoms with Crippen LogP contribution in [0.4, 0.5) is 11.4 Å². The second-order valence-electron chi connectivity index (χ2n) is 3.52. The monoisotopic (exact) mass is 259 g/mol. The van der Waals surface area contributed by atoms with Gasteiger partial charge in [0, 0.05) is 18.0 Å². The highest BCUT2D eigenvalue weighted by molar-refractivity contribution is 6.29. The quantitative estimate of drug-likeness (QED) is 0.859. The minimum absolute atomic E-state index is 0.410. The lowest BCUT2D eigenvalue weighted by atomic mass is 10.2. The van der Waals surface area contributed by atoms with Crippen LogP contribution < -0.4 is 10.1 Å². The van der Waals surface area contributed by atoms with E-state index < -0.39 is 0 Å². The summed E-state index contributed by atoms with van der Waals surface area (Å²) >= 11 is 5.81. The van der Waals surface area contributed by atoms with Crippen LogP contribution in [0.3, 0.4) is 0 Å². The first kappa shape index (κ1) is 12.2. The zero-order chi connectivity index (χ0) is 13.0. The molecule has 0 aliphatic heterocycles. The van der Waals surface area contributed by atoms with E-state index in [0.717, 1.165) is 11.4 Å². The van der Waals surface area contributed by atoms with E-state index in [9.17, 15) is 0 Å². The number of pyridine rings is 1. The van der Waals surface area contributed by atoms with Gasteiger partial charge in [-0.05, 0) is 24.3 Å². The molecule has 0 radical (unpaired) electrons. The molecular formula is C13H10ClN3O. The molecule has 0 saturated carbocycles. The Labute approximate surface area is 110 Å². The molecule has 0 spiro atoms. The summed E-state index contributed by atoms with van der Waals surface area (Å²) in [5.41, 5.74) is 2.11. The molecule has 0 unspecified atom stereocenters. The normalized spacial score (nSPS) is 9.61. The summed E-state index contributed by atoms with van der Waals surface area (Å²) in [6.45, 7) is 0. The van der Waals surface area contributed by atoms with Gasteiger partial charge in [0.05, 0.1) is 24.4 Å². The minimum Gasteiger partial charge on any atom is -0.495 e. The fraction of sp³-hybridized carbons (Fsp3) is 0.0769. The van der Waals surface area contributed by atoms with Gasteiger partial charge in [0.2, 0.25) is 0 Å². The van der Waals surface area contributed by atoms with Crippen LogP contribution in [0.5, 0.6) is 5.75 Å². The van der Waals surface area contributed by atoms with E-state index in [-0.39, 0.29) is 0 Å². The maximum absolute atomic E-state index is 8.82. The summed E-state index contributed by atoms with van der Waals surface area (Å²) in [6, 6.07) is 10.7. The van der Waals surface area contributed by atoms with Crippen molar-refractivity contribution in [2.45, 2.75) is 0 Å². The zero-order valence-corrected chi connectivity index (χ0v) is 10.4. The molecule has 2 aromatic rings. The van der Waals surface area contributed by atoms with E-state index in [2.05, 4.69) is 16.4 Å². The molecule has 5 heteroatoms. The Kier molecular flexibility index (Phi) is 3.66. The van der Waals surface area contributed by atoms with Crippen LogP contribution in [0.2, 0.25) is 5.15 Å². The number of rotatable bonds is 3. The van der Waals surface area contributed by atoms with Gasteiger partial charge in [-0.2, -0.15) is 5.26 Å². The van der Waals surface area contributed by atoms with Gasteiger partial charge < -0.3 is 10.1 Å². The van der Waals surface area contributed by atoms with Crippen molar-refractivity contribution in [2.24, 2.45) is 0 Å². The molecule has 0 bridgehead atoms. The summed E-state index contributed by atoms with van der Waals surface area (Å²) in [5.74, 6) is 0.599. The van der Waals surface area contributed by atoms with Crippen molar-refractivity contribution in [1.29, 1.82) is 5.26 Å². The topological polar surface area (TPSA) is 57.9 Å². The second-order valence-corrected chi connectivity index (χ2v) is 3.91. The van der Waals surface area contributed by atoms with Gasteiger partial charge in [0.25, 0.3) is 0 Å². The molecule has 4 nitrogen and oxygen atoms in total.